The second-order valence-corrected chi connectivity index (χ2v) is 8.70. The summed E-state index contributed by atoms with van der Waals surface area (Å²) in [7, 11) is 0. The maximum absolute atomic E-state index is 4.19. The molecule has 2 aromatic rings. The van der Waals surface area contributed by atoms with E-state index in [1.165, 1.54) is 38.0 Å². The summed E-state index contributed by atoms with van der Waals surface area (Å²) >= 11 is 0. The fourth-order valence-corrected chi connectivity index (χ4v) is 3.72. The van der Waals surface area contributed by atoms with Crippen LogP contribution in [0.2, 0.25) is 0 Å². The van der Waals surface area contributed by atoms with Crippen LogP contribution in [-0.2, 0) is 13.0 Å². The molecule has 1 aromatic carbocycles. The highest BCUT2D eigenvalue weighted by atomic mass is 15.2. The first-order chi connectivity index (χ1) is 12.5. The highest BCUT2D eigenvalue weighted by Gasteiger charge is 2.29. The zero-order chi connectivity index (χ0) is 18.4. The van der Waals surface area contributed by atoms with E-state index in [4.69, 9.17) is 0 Å². The van der Waals surface area contributed by atoms with E-state index >= 15 is 0 Å². The van der Waals surface area contributed by atoms with Crippen molar-refractivity contribution in [3.8, 4) is 0 Å². The van der Waals surface area contributed by atoms with E-state index < -0.39 is 0 Å². The quantitative estimate of drug-likeness (QED) is 0.825. The summed E-state index contributed by atoms with van der Waals surface area (Å²) in [5.41, 5.74) is 1.68. The maximum Gasteiger partial charge on any atom is 0.0946 e. The van der Waals surface area contributed by atoms with E-state index in [0.29, 0.717) is 12.1 Å². The number of likely N-dealkylation sites (tertiary alicyclic amines) is 1. The van der Waals surface area contributed by atoms with Crippen LogP contribution >= 0.6 is 0 Å². The van der Waals surface area contributed by atoms with Crippen LogP contribution in [-0.4, -0.2) is 46.2 Å². The topological polar surface area (TPSA) is 33.1 Å². The SMILES string of the molecule is CC(C)(C)C(Cn1ccnc1)NC1CCN(CCc2ccccc2)CC1. The molecule has 0 spiro atoms. The monoisotopic (exact) mass is 354 g/mol. The second-order valence-electron chi connectivity index (χ2n) is 8.70. The molecule has 1 fully saturated rings. The molecule has 1 aliphatic rings. The Morgan fingerprint density at radius 2 is 1.88 bits per heavy atom. The molecule has 1 saturated heterocycles. The molecule has 1 aromatic heterocycles. The van der Waals surface area contributed by atoms with E-state index in [-0.39, 0.29) is 5.41 Å². The molecule has 2 heterocycles. The van der Waals surface area contributed by atoms with Crippen LogP contribution in [0, 0.1) is 5.41 Å². The Hall–Kier alpha value is -1.65. The fraction of sp³-hybridized carbons (Fsp3) is 0.591. The van der Waals surface area contributed by atoms with Gasteiger partial charge in [0.15, 0.2) is 0 Å². The summed E-state index contributed by atoms with van der Waals surface area (Å²) in [5, 5.41) is 3.95. The highest BCUT2D eigenvalue weighted by molar-refractivity contribution is 5.14. The van der Waals surface area contributed by atoms with Crippen LogP contribution in [0.3, 0.4) is 0 Å². The second kappa shape index (κ2) is 8.83. The number of piperidine rings is 1. The van der Waals surface area contributed by atoms with Crippen molar-refractivity contribution < 1.29 is 0 Å². The van der Waals surface area contributed by atoms with Gasteiger partial charge >= 0.3 is 0 Å². The van der Waals surface area contributed by atoms with Gasteiger partial charge in [-0.3, -0.25) is 0 Å². The molecule has 1 N–H and O–H groups in total. The van der Waals surface area contributed by atoms with Crippen LogP contribution < -0.4 is 5.32 Å². The standard InChI is InChI=1S/C22H34N4/c1-22(2,3)21(17-26-16-12-23-18-26)24-20-10-14-25(15-11-20)13-9-19-7-5-4-6-8-19/h4-8,12,16,18,20-21,24H,9-11,13-15,17H2,1-3H3. The molecular formula is C22H34N4. The van der Waals surface area contributed by atoms with E-state index in [9.17, 15) is 0 Å². The van der Waals surface area contributed by atoms with Gasteiger partial charge < -0.3 is 14.8 Å². The maximum atomic E-state index is 4.19. The molecule has 142 valence electrons. The van der Waals surface area contributed by atoms with Crippen molar-refractivity contribution in [1.82, 2.24) is 19.8 Å². The summed E-state index contributed by atoms with van der Waals surface area (Å²) in [6.07, 6.45) is 9.49. The van der Waals surface area contributed by atoms with Crippen molar-refractivity contribution in [2.45, 2.75) is 58.7 Å². The highest BCUT2D eigenvalue weighted by Crippen LogP contribution is 2.23. The summed E-state index contributed by atoms with van der Waals surface area (Å²) in [6, 6.07) is 11.9. The first-order valence-electron chi connectivity index (χ1n) is 9.99. The van der Waals surface area contributed by atoms with E-state index in [1.807, 2.05) is 12.5 Å². The van der Waals surface area contributed by atoms with Gasteiger partial charge in [0, 0.05) is 37.6 Å². The van der Waals surface area contributed by atoms with E-state index in [2.05, 4.69) is 77.1 Å². The van der Waals surface area contributed by atoms with Gasteiger partial charge in [-0.05, 0) is 43.3 Å². The lowest BCUT2D eigenvalue weighted by Gasteiger charge is -2.39. The summed E-state index contributed by atoms with van der Waals surface area (Å²) < 4.78 is 2.19. The molecule has 1 aliphatic heterocycles. The van der Waals surface area contributed by atoms with Crippen molar-refractivity contribution in [1.29, 1.82) is 0 Å². The number of nitrogens with one attached hydrogen (secondary N) is 1. The molecule has 1 atom stereocenters. The minimum Gasteiger partial charge on any atom is -0.336 e. The van der Waals surface area contributed by atoms with Crippen LogP contribution in [0.15, 0.2) is 49.1 Å². The van der Waals surface area contributed by atoms with Gasteiger partial charge in [-0.2, -0.15) is 0 Å². The zero-order valence-electron chi connectivity index (χ0n) is 16.6. The number of imidazole rings is 1. The molecule has 0 aliphatic carbocycles. The third kappa shape index (κ3) is 5.68. The van der Waals surface area contributed by atoms with Crippen molar-refractivity contribution in [3.63, 3.8) is 0 Å². The van der Waals surface area contributed by atoms with Crippen molar-refractivity contribution in [2.24, 2.45) is 5.41 Å². The molecule has 4 nitrogen and oxygen atoms in total. The molecule has 0 bridgehead atoms. The first kappa shape index (κ1) is 19.1. The molecule has 0 amide bonds. The Morgan fingerprint density at radius 1 is 1.15 bits per heavy atom. The van der Waals surface area contributed by atoms with Gasteiger partial charge in [0.2, 0.25) is 0 Å². The number of hydrogen-bond donors (Lipinski definition) is 1. The Balaban J connectivity index is 1.45. The normalized spacial score (nSPS) is 18.1. The molecule has 1 unspecified atom stereocenters. The number of rotatable bonds is 7. The average Bonchev–Trinajstić information content (AvgIpc) is 3.14. The molecule has 0 saturated carbocycles. The van der Waals surface area contributed by atoms with Crippen molar-refractivity contribution in [2.75, 3.05) is 19.6 Å². The molecule has 26 heavy (non-hydrogen) atoms. The lowest BCUT2D eigenvalue weighted by Crippen LogP contribution is -2.51. The Kier molecular flexibility index (Phi) is 6.49. The largest absolute Gasteiger partial charge is 0.336 e. The van der Waals surface area contributed by atoms with E-state index in [1.54, 1.807) is 0 Å². The van der Waals surface area contributed by atoms with Gasteiger partial charge in [-0.25, -0.2) is 4.98 Å². The van der Waals surface area contributed by atoms with Crippen LogP contribution in [0.1, 0.15) is 39.2 Å². The number of aromatic nitrogens is 2. The summed E-state index contributed by atoms with van der Waals surface area (Å²) in [4.78, 5) is 6.81. The Bertz CT molecular complexity index is 622. The Morgan fingerprint density at radius 3 is 2.50 bits per heavy atom. The predicted molar refractivity (Wildman–Crippen MR) is 108 cm³/mol. The van der Waals surface area contributed by atoms with Crippen LogP contribution in [0.25, 0.3) is 0 Å². The minimum atomic E-state index is 0.231. The van der Waals surface area contributed by atoms with E-state index in [0.717, 1.165) is 13.0 Å². The van der Waals surface area contributed by atoms with Gasteiger partial charge in [-0.15, -0.1) is 0 Å². The third-order valence-corrected chi connectivity index (χ3v) is 5.58. The van der Waals surface area contributed by atoms with Crippen LogP contribution in [0.4, 0.5) is 0 Å². The number of nitrogens with zero attached hydrogens (tertiary/aromatic N) is 3. The van der Waals surface area contributed by atoms with Gasteiger partial charge in [0.1, 0.15) is 0 Å². The zero-order valence-corrected chi connectivity index (χ0v) is 16.6. The lowest BCUT2D eigenvalue weighted by molar-refractivity contribution is 0.159. The molecule has 0 radical (unpaired) electrons. The molecule has 4 heteroatoms. The predicted octanol–water partition coefficient (Wildman–Crippen LogP) is 3.59. The van der Waals surface area contributed by atoms with Crippen molar-refractivity contribution >= 4 is 0 Å². The van der Waals surface area contributed by atoms with Crippen LogP contribution in [0.5, 0.6) is 0 Å². The first-order valence-corrected chi connectivity index (χ1v) is 9.99. The average molecular weight is 355 g/mol. The third-order valence-electron chi connectivity index (χ3n) is 5.58. The number of hydrogen-bond acceptors (Lipinski definition) is 3. The van der Waals surface area contributed by atoms with Gasteiger partial charge in [0.25, 0.3) is 0 Å². The van der Waals surface area contributed by atoms with Gasteiger partial charge in [-0.1, -0.05) is 51.1 Å². The summed E-state index contributed by atoms with van der Waals surface area (Å²) in [6.45, 7) is 11.6. The minimum absolute atomic E-state index is 0.231. The number of benzene rings is 1. The molecular weight excluding hydrogens is 320 g/mol. The summed E-state index contributed by atoms with van der Waals surface area (Å²) in [5.74, 6) is 0. The smallest absolute Gasteiger partial charge is 0.0946 e. The van der Waals surface area contributed by atoms with Crippen molar-refractivity contribution in [3.05, 3.63) is 54.6 Å². The van der Waals surface area contributed by atoms with Gasteiger partial charge in [0.05, 0.1) is 6.33 Å². The fourth-order valence-electron chi connectivity index (χ4n) is 3.72. The Labute approximate surface area is 158 Å². The lowest BCUT2D eigenvalue weighted by atomic mass is 9.85. The molecule has 3 rings (SSSR count).